The molecule has 0 spiro atoms. The molecule has 5 N–H and O–H groups in total. The van der Waals surface area contributed by atoms with Crippen LogP contribution in [0.2, 0.25) is 0 Å². The molecule has 2 aromatic carbocycles. The van der Waals surface area contributed by atoms with E-state index < -0.39 is 36.7 Å². The van der Waals surface area contributed by atoms with Crippen molar-refractivity contribution in [3.63, 3.8) is 0 Å². The Morgan fingerprint density at radius 3 is 2.48 bits per heavy atom. The molecule has 1 aliphatic rings. The summed E-state index contributed by atoms with van der Waals surface area (Å²) in [5.74, 6) is -0.696. The normalized spacial score (nSPS) is 22.7. The van der Waals surface area contributed by atoms with Crippen LogP contribution in [0.3, 0.4) is 0 Å². The SMILES string of the molecule is CNC(=O)c1c(C)oc2cc(Oc3ncnc4cc(O[C@@H]5O[C@H](C(=O)O)[C@@H](O)[C@H](O)[C@H]5O)c(OC)cc34)ccc12. The van der Waals surface area contributed by atoms with Crippen molar-refractivity contribution in [2.24, 2.45) is 0 Å². The highest BCUT2D eigenvalue weighted by atomic mass is 16.7. The van der Waals surface area contributed by atoms with Crippen molar-refractivity contribution in [2.75, 3.05) is 14.2 Å². The van der Waals surface area contributed by atoms with Gasteiger partial charge in [-0.15, -0.1) is 0 Å². The van der Waals surface area contributed by atoms with Gasteiger partial charge in [0.1, 0.15) is 41.7 Å². The number of aryl methyl sites for hydroxylation is 1. The molecule has 5 rings (SSSR count). The van der Waals surface area contributed by atoms with E-state index in [2.05, 4.69) is 15.3 Å². The highest BCUT2D eigenvalue weighted by molar-refractivity contribution is 6.07. The van der Waals surface area contributed by atoms with E-state index in [1.807, 2.05) is 0 Å². The monoisotopic (exact) mass is 555 g/mol. The number of carbonyl (C=O) groups excluding carboxylic acids is 1. The zero-order chi connectivity index (χ0) is 28.7. The van der Waals surface area contributed by atoms with Crippen molar-refractivity contribution in [3.8, 4) is 23.1 Å². The number of methoxy groups -OCH3 is 1. The number of aromatic nitrogens is 2. The van der Waals surface area contributed by atoms with Gasteiger partial charge >= 0.3 is 5.97 Å². The fraction of sp³-hybridized carbons (Fsp3) is 0.308. The lowest BCUT2D eigenvalue weighted by Gasteiger charge is -2.38. The number of carboxylic acids is 1. The van der Waals surface area contributed by atoms with Gasteiger partial charge in [0.15, 0.2) is 17.6 Å². The molecule has 0 bridgehead atoms. The predicted octanol–water partition coefficient (Wildman–Crippen LogP) is 1.12. The number of amides is 1. The van der Waals surface area contributed by atoms with E-state index in [0.29, 0.717) is 38.9 Å². The van der Waals surface area contributed by atoms with Gasteiger partial charge in [-0.05, 0) is 25.1 Å². The second kappa shape index (κ2) is 10.6. The van der Waals surface area contributed by atoms with E-state index in [9.17, 15) is 30.0 Å². The van der Waals surface area contributed by atoms with Crippen molar-refractivity contribution in [3.05, 3.63) is 48.0 Å². The number of furan rings is 1. The lowest BCUT2D eigenvalue weighted by atomic mass is 9.99. The smallest absolute Gasteiger partial charge is 0.335 e. The van der Waals surface area contributed by atoms with Gasteiger partial charge in [0.25, 0.3) is 5.91 Å². The Kier molecular flexibility index (Phi) is 7.16. The molecular formula is C26H25N3O11. The molecule has 2 aromatic heterocycles. The number of ether oxygens (including phenoxy) is 4. The van der Waals surface area contributed by atoms with Crippen LogP contribution in [-0.2, 0) is 9.53 Å². The molecule has 0 saturated carbocycles. The number of aliphatic hydroxyl groups is 3. The lowest BCUT2D eigenvalue weighted by molar-refractivity contribution is -0.271. The minimum Gasteiger partial charge on any atom is -0.493 e. The summed E-state index contributed by atoms with van der Waals surface area (Å²) in [6, 6.07) is 7.92. The third-order valence-corrected chi connectivity index (χ3v) is 6.45. The Morgan fingerprint density at radius 1 is 1.00 bits per heavy atom. The number of nitrogens with one attached hydrogen (secondary N) is 1. The van der Waals surface area contributed by atoms with Crippen LogP contribution in [0.25, 0.3) is 21.9 Å². The standard InChI is InChI=1S/C26H25N3O11/c1-10-18(23(33)27-2)12-5-4-11(6-15(12)37-10)38-24-13-7-16(36-3)17(8-14(13)28-9-29-24)39-26-21(32)19(30)20(31)22(40-26)25(34)35/h4-9,19-22,26,30-32H,1-3H3,(H,27,33)(H,34,35)/t19-,20-,21+,22-,26+/m0/s1. The molecule has 1 fully saturated rings. The van der Waals surface area contributed by atoms with Gasteiger partial charge in [0.05, 0.1) is 23.6 Å². The molecule has 14 heteroatoms. The van der Waals surface area contributed by atoms with E-state index in [1.165, 1.54) is 32.6 Å². The van der Waals surface area contributed by atoms with Gasteiger partial charge in [0.2, 0.25) is 12.2 Å². The van der Waals surface area contributed by atoms with Gasteiger partial charge in [-0.3, -0.25) is 4.79 Å². The first-order chi connectivity index (χ1) is 19.1. The largest absolute Gasteiger partial charge is 0.493 e. The van der Waals surface area contributed by atoms with Crippen molar-refractivity contribution in [1.29, 1.82) is 0 Å². The molecule has 5 atom stereocenters. The Labute approximate surface area is 225 Å². The number of hydrogen-bond donors (Lipinski definition) is 5. The highest BCUT2D eigenvalue weighted by Crippen LogP contribution is 2.38. The molecule has 40 heavy (non-hydrogen) atoms. The summed E-state index contributed by atoms with van der Waals surface area (Å²) >= 11 is 0. The maximum Gasteiger partial charge on any atom is 0.335 e. The second-order valence-corrected chi connectivity index (χ2v) is 8.92. The predicted molar refractivity (Wildman–Crippen MR) is 135 cm³/mol. The number of aliphatic hydroxyl groups excluding tert-OH is 3. The Balaban J connectivity index is 1.46. The minimum atomic E-state index is -1.86. The number of nitrogens with zero attached hydrogens (tertiary/aromatic N) is 2. The van der Waals surface area contributed by atoms with E-state index in [1.54, 1.807) is 25.1 Å². The summed E-state index contributed by atoms with van der Waals surface area (Å²) in [4.78, 5) is 32.1. The fourth-order valence-corrected chi connectivity index (χ4v) is 4.43. The van der Waals surface area contributed by atoms with E-state index >= 15 is 0 Å². The topological polar surface area (TPSA) is 203 Å². The molecule has 3 heterocycles. The third-order valence-electron chi connectivity index (χ3n) is 6.45. The number of carboxylic acid groups (broad SMARTS) is 1. The molecule has 0 unspecified atom stereocenters. The number of benzene rings is 2. The van der Waals surface area contributed by atoms with Crippen LogP contribution in [0.5, 0.6) is 23.1 Å². The first-order valence-corrected chi connectivity index (χ1v) is 12.0. The summed E-state index contributed by atoms with van der Waals surface area (Å²) in [6.45, 7) is 1.69. The van der Waals surface area contributed by atoms with Crippen LogP contribution in [0.1, 0.15) is 16.1 Å². The number of hydrogen-bond acceptors (Lipinski definition) is 12. The van der Waals surface area contributed by atoms with Crippen molar-refractivity contribution < 1.29 is 53.4 Å². The number of rotatable bonds is 7. The summed E-state index contributed by atoms with van der Waals surface area (Å²) in [5.41, 5.74) is 1.20. The number of fused-ring (bicyclic) bond motifs is 2. The van der Waals surface area contributed by atoms with E-state index in [4.69, 9.17) is 23.4 Å². The first-order valence-electron chi connectivity index (χ1n) is 12.0. The second-order valence-electron chi connectivity index (χ2n) is 8.92. The zero-order valence-electron chi connectivity index (χ0n) is 21.4. The Morgan fingerprint density at radius 2 is 1.77 bits per heavy atom. The van der Waals surface area contributed by atoms with E-state index in [-0.39, 0.29) is 23.3 Å². The summed E-state index contributed by atoms with van der Waals surface area (Å²) in [7, 11) is 2.89. The lowest BCUT2D eigenvalue weighted by Crippen LogP contribution is -2.61. The maximum absolute atomic E-state index is 12.2. The van der Waals surface area contributed by atoms with Crippen LogP contribution in [0, 0.1) is 6.92 Å². The maximum atomic E-state index is 12.2. The minimum absolute atomic E-state index is 0.00522. The van der Waals surface area contributed by atoms with Crippen LogP contribution in [0.15, 0.2) is 41.1 Å². The molecule has 1 saturated heterocycles. The van der Waals surface area contributed by atoms with Crippen molar-refractivity contribution in [2.45, 2.75) is 37.6 Å². The summed E-state index contributed by atoms with van der Waals surface area (Å²) < 4.78 is 28.0. The molecule has 210 valence electrons. The van der Waals surface area contributed by atoms with Gasteiger partial charge in [-0.2, -0.15) is 0 Å². The van der Waals surface area contributed by atoms with E-state index in [0.717, 1.165) is 0 Å². The van der Waals surface area contributed by atoms with Crippen LogP contribution >= 0.6 is 0 Å². The Bertz CT molecular complexity index is 1600. The average Bonchev–Trinajstić information content (AvgIpc) is 3.27. The molecule has 0 aliphatic carbocycles. The Hall–Kier alpha value is -4.50. The average molecular weight is 555 g/mol. The van der Waals surface area contributed by atoms with Crippen LogP contribution < -0.4 is 19.5 Å². The number of carbonyl (C=O) groups is 2. The van der Waals surface area contributed by atoms with Crippen molar-refractivity contribution >= 4 is 33.7 Å². The fourth-order valence-electron chi connectivity index (χ4n) is 4.43. The quantitative estimate of drug-likeness (QED) is 0.217. The van der Waals surface area contributed by atoms with Crippen LogP contribution in [-0.4, -0.2) is 87.1 Å². The first kappa shape index (κ1) is 27.1. The van der Waals surface area contributed by atoms with Gasteiger partial charge in [-0.25, -0.2) is 14.8 Å². The molecule has 1 aliphatic heterocycles. The molecule has 0 radical (unpaired) electrons. The highest BCUT2D eigenvalue weighted by Gasteiger charge is 2.48. The van der Waals surface area contributed by atoms with Gasteiger partial charge < -0.3 is 49.1 Å². The van der Waals surface area contributed by atoms with Gasteiger partial charge in [-0.1, -0.05) is 0 Å². The molecule has 1 amide bonds. The molecule has 14 nitrogen and oxygen atoms in total. The van der Waals surface area contributed by atoms with Gasteiger partial charge in [0, 0.05) is 24.6 Å². The van der Waals surface area contributed by atoms with Crippen molar-refractivity contribution in [1.82, 2.24) is 15.3 Å². The molecule has 4 aromatic rings. The summed E-state index contributed by atoms with van der Waals surface area (Å²) in [6.07, 6.45) is -7.69. The zero-order valence-corrected chi connectivity index (χ0v) is 21.4. The molecular weight excluding hydrogens is 530 g/mol. The third kappa shape index (κ3) is 4.73. The number of aliphatic carboxylic acids is 1. The van der Waals surface area contributed by atoms with Crippen LogP contribution in [0.4, 0.5) is 0 Å². The summed E-state index contributed by atoms with van der Waals surface area (Å²) in [5, 5.41) is 43.2.